The van der Waals surface area contributed by atoms with Gasteiger partial charge in [-0.05, 0) is 0 Å². The summed E-state index contributed by atoms with van der Waals surface area (Å²) in [7, 11) is 0.271. The Bertz CT molecular complexity index is 694. The van der Waals surface area contributed by atoms with E-state index in [4.69, 9.17) is 5.73 Å². The van der Waals surface area contributed by atoms with Crippen LogP contribution in [0.5, 0.6) is 0 Å². The zero-order valence-corrected chi connectivity index (χ0v) is 25.2. The Morgan fingerprint density at radius 1 is 0.900 bits per heavy atom. The van der Waals surface area contributed by atoms with Gasteiger partial charge in [-0.2, -0.15) is 11.1 Å². The molecule has 0 saturated carbocycles. The van der Waals surface area contributed by atoms with Crippen molar-refractivity contribution in [2.75, 3.05) is 0 Å². The van der Waals surface area contributed by atoms with Crippen LogP contribution in [-0.4, -0.2) is 15.6 Å². The average molecular weight is 626 g/mol. The molecule has 5 heteroatoms. The topological polar surface area (TPSA) is 23.8 Å². The third kappa shape index (κ3) is 13.8. The second-order valence-corrected chi connectivity index (χ2v) is 8.70. The van der Waals surface area contributed by atoms with E-state index in [0.29, 0.717) is 5.92 Å². The molecule has 0 heterocycles. The summed E-state index contributed by atoms with van der Waals surface area (Å²) in [5.74, 6) is 0.560. The summed E-state index contributed by atoms with van der Waals surface area (Å²) >= 11 is 0. The third-order valence-electron chi connectivity index (χ3n) is 4.78. The van der Waals surface area contributed by atoms with Gasteiger partial charge in [0.1, 0.15) is 9.52 Å². The summed E-state index contributed by atoms with van der Waals surface area (Å²) in [6, 6.07) is 21.5. The number of nitrogens with one attached hydrogen (secondary N) is 1. The fraction of sp³-hybridized carbons (Fsp3) is 0.360. The van der Waals surface area contributed by atoms with Crippen molar-refractivity contribution in [3.05, 3.63) is 89.2 Å². The Balaban J connectivity index is -0.000000381. The molecule has 1 aliphatic carbocycles. The van der Waals surface area contributed by atoms with Crippen molar-refractivity contribution in [1.82, 2.24) is 0 Å². The van der Waals surface area contributed by atoms with Crippen LogP contribution in [0.2, 0.25) is 0 Å². The molecule has 0 amide bonds. The van der Waals surface area contributed by atoms with Crippen LogP contribution in [0.4, 0.5) is 0 Å². The zero-order valence-electron chi connectivity index (χ0n) is 19.0. The molecule has 1 aliphatic rings. The van der Waals surface area contributed by atoms with Crippen molar-refractivity contribution >= 4 is 19.9 Å². The molecule has 1 radical (unpaired) electrons. The molecule has 0 aliphatic heterocycles. The summed E-state index contributed by atoms with van der Waals surface area (Å²) in [5.41, 5.74) is 11.1. The van der Waals surface area contributed by atoms with Crippen LogP contribution in [0.1, 0.15) is 48.0 Å². The van der Waals surface area contributed by atoms with Crippen molar-refractivity contribution in [1.29, 1.82) is 0 Å². The Morgan fingerprint density at radius 3 is 1.47 bits per heavy atom. The van der Waals surface area contributed by atoms with Gasteiger partial charge < -0.3 is 30.5 Å². The average Bonchev–Trinajstić information content (AvgIpc) is 2.90. The quantitative estimate of drug-likeness (QED) is 0.329. The first kappa shape index (κ1) is 34.2. The molecule has 1 nitrogen and oxygen atoms in total. The summed E-state index contributed by atoms with van der Waals surface area (Å²) in [4.78, 5) is 0. The monoisotopic (exact) mass is 626 g/mol. The Morgan fingerprint density at radius 2 is 1.27 bits per heavy atom. The molecule has 30 heavy (non-hydrogen) atoms. The molecule has 1 N–H and O–H groups in total. The van der Waals surface area contributed by atoms with Crippen molar-refractivity contribution in [3.63, 3.8) is 0 Å². The van der Waals surface area contributed by atoms with Gasteiger partial charge in [-0.1, -0.05) is 118 Å². The minimum atomic E-state index is 0. The van der Waals surface area contributed by atoms with E-state index in [1.165, 1.54) is 27.1 Å². The molecule has 2 aromatic rings. The molecule has 0 bridgehead atoms. The van der Waals surface area contributed by atoms with Gasteiger partial charge in [0.25, 0.3) is 0 Å². The smallest absolute Gasteiger partial charge is 1.00 e. The van der Waals surface area contributed by atoms with Crippen LogP contribution in [-0.2, 0) is 25.8 Å². The molecule has 0 fully saturated rings. The number of rotatable bonds is 3. The van der Waals surface area contributed by atoms with E-state index in [1.54, 1.807) is 0 Å². The van der Waals surface area contributed by atoms with Crippen molar-refractivity contribution in [2.24, 2.45) is 5.92 Å². The minimum absolute atomic E-state index is 0. The minimum Gasteiger partial charge on any atom is -1.00 e. The molecule has 2 aromatic carbocycles. The molecule has 161 valence electrons. The Kier molecular flexibility index (Phi) is 21.9. The first-order valence-corrected chi connectivity index (χ1v) is 10.9. The summed E-state index contributed by atoms with van der Waals surface area (Å²) in [6.07, 6.45) is 4.33. The molecule has 0 aromatic heterocycles. The number of hydrogen-bond acceptors (Lipinski definition) is 0. The molecule has 0 spiro atoms. The number of benzene rings is 2. The molecular formula is C25H34Cl2HfNSi. The number of allylic oxidation sites excluding steroid dienone is 4. The largest absolute Gasteiger partial charge is 4.00 e. The van der Waals surface area contributed by atoms with E-state index in [2.05, 4.69) is 94.4 Å². The van der Waals surface area contributed by atoms with Gasteiger partial charge in [0.2, 0.25) is 0 Å². The van der Waals surface area contributed by atoms with Gasteiger partial charge in [-0.15, -0.1) is 13.0 Å². The van der Waals surface area contributed by atoms with Gasteiger partial charge in [-0.25, -0.2) is 5.57 Å². The molecule has 2 unspecified atom stereocenters. The van der Waals surface area contributed by atoms with Crippen LogP contribution < -0.4 is 35.2 Å². The predicted molar refractivity (Wildman–Crippen MR) is 123 cm³/mol. The van der Waals surface area contributed by atoms with Gasteiger partial charge >= 0.3 is 25.8 Å². The van der Waals surface area contributed by atoms with Crippen LogP contribution in [0, 0.1) is 12.0 Å². The van der Waals surface area contributed by atoms with Crippen LogP contribution in [0.3, 0.4) is 0 Å². The SMILES string of the molecule is CC1=[C-]C(C)C(C)=C1C.CCC(C)[NH-].[Cl-].[Cl-].[Hf+4].c1ccc([SiH]c2ccccc2)cc1. The third-order valence-corrected chi connectivity index (χ3v) is 6.22. The van der Waals surface area contributed by atoms with Gasteiger partial charge in [0.15, 0.2) is 0 Å². The fourth-order valence-corrected chi connectivity index (χ4v) is 3.67. The summed E-state index contributed by atoms with van der Waals surface area (Å²) in [5, 5.41) is 2.90. The van der Waals surface area contributed by atoms with Gasteiger partial charge in [0, 0.05) is 0 Å². The van der Waals surface area contributed by atoms with Gasteiger partial charge in [-0.3, -0.25) is 6.08 Å². The second-order valence-electron chi connectivity index (χ2n) is 7.07. The maximum absolute atomic E-state index is 6.83. The van der Waals surface area contributed by atoms with E-state index in [0.717, 1.165) is 6.42 Å². The Labute approximate surface area is 218 Å². The Hall–Kier alpha value is -0.453. The zero-order chi connectivity index (χ0) is 20.2. The molecule has 3 rings (SSSR count). The van der Waals surface area contributed by atoms with Crippen LogP contribution in [0.15, 0.2) is 77.4 Å². The summed E-state index contributed by atoms with van der Waals surface area (Å²) in [6.45, 7) is 12.6. The first-order chi connectivity index (χ1) is 12.8. The summed E-state index contributed by atoms with van der Waals surface area (Å²) < 4.78 is 0. The van der Waals surface area contributed by atoms with E-state index in [9.17, 15) is 0 Å². The van der Waals surface area contributed by atoms with E-state index in [-0.39, 0.29) is 66.2 Å². The van der Waals surface area contributed by atoms with E-state index < -0.39 is 0 Å². The normalized spacial score (nSPS) is 14.9. The second kappa shape index (κ2) is 19.2. The maximum atomic E-state index is 6.83. The number of hydrogen-bond donors (Lipinski definition) is 0. The van der Waals surface area contributed by atoms with Crippen molar-refractivity contribution in [2.45, 2.75) is 54.0 Å². The van der Waals surface area contributed by atoms with E-state index >= 15 is 0 Å². The van der Waals surface area contributed by atoms with Crippen LogP contribution >= 0.6 is 0 Å². The number of halogens is 2. The molecular weight excluding hydrogens is 592 g/mol. The van der Waals surface area contributed by atoms with Crippen molar-refractivity contribution < 1.29 is 50.7 Å². The predicted octanol–water partition coefficient (Wildman–Crippen LogP) is -0.362. The maximum Gasteiger partial charge on any atom is 4.00 e. The van der Waals surface area contributed by atoms with Crippen LogP contribution in [0.25, 0.3) is 5.73 Å². The van der Waals surface area contributed by atoms with Crippen molar-refractivity contribution in [3.8, 4) is 0 Å². The van der Waals surface area contributed by atoms with Gasteiger partial charge in [0.05, 0.1) is 0 Å². The standard InChI is InChI=1S/C12H11Si.C9H13.C4H10N.2ClH.Hf/c1-3-7-11(8-4-1)13-12-9-5-2-6-10-12;1-6-5-7(2)9(4)8(6)3;1-3-4(2)5;;;/h1-10,13H;6H,1-4H3;4-5H,3H2,1-2H3;2*1H;/q;2*-1;;;+4/p-2. The molecule has 0 saturated heterocycles. The fourth-order valence-electron chi connectivity index (χ4n) is 2.45. The van der Waals surface area contributed by atoms with E-state index in [1.807, 2.05) is 13.8 Å². The molecule has 2 atom stereocenters. The first-order valence-electron chi connectivity index (χ1n) is 9.78.